The summed E-state index contributed by atoms with van der Waals surface area (Å²) < 4.78 is 5.81. The fourth-order valence-corrected chi connectivity index (χ4v) is 4.37. The van der Waals surface area contributed by atoms with Crippen molar-refractivity contribution in [3.8, 4) is 5.75 Å². The lowest BCUT2D eigenvalue weighted by molar-refractivity contribution is -0.140. The van der Waals surface area contributed by atoms with Crippen LogP contribution >= 0.6 is 0 Å². The number of ketones is 1. The number of hydrogen-bond donors (Lipinski definition) is 1. The molecule has 0 saturated carbocycles. The van der Waals surface area contributed by atoms with Gasteiger partial charge in [-0.25, -0.2) is 0 Å². The molecule has 1 atom stereocenters. The summed E-state index contributed by atoms with van der Waals surface area (Å²) in [4.78, 5) is 34.1. The van der Waals surface area contributed by atoms with Crippen LogP contribution in [0, 0.1) is 6.92 Å². The molecule has 1 amide bonds. The van der Waals surface area contributed by atoms with Crippen molar-refractivity contribution < 1.29 is 19.4 Å². The number of likely N-dealkylation sites (tertiary alicyclic amines) is 1. The van der Waals surface area contributed by atoms with Gasteiger partial charge in [0, 0.05) is 44.3 Å². The molecule has 186 valence electrons. The third-order valence-corrected chi connectivity index (χ3v) is 6.18. The molecule has 7 nitrogen and oxygen atoms in total. The molecule has 2 heterocycles. The molecule has 1 saturated heterocycles. The van der Waals surface area contributed by atoms with E-state index >= 15 is 0 Å². The minimum absolute atomic E-state index is 0.00629. The highest BCUT2D eigenvalue weighted by Gasteiger charge is 2.46. The Morgan fingerprint density at radius 1 is 1.06 bits per heavy atom. The van der Waals surface area contributed by atoms with Crippen LogP contribution in [0.2, 0.25) is 0 Å². The van der Waals surface area contributed by atoms with Gasteiger partial charge in [-0.1, -0.05) is 12.1 Å². The molecule has 0 spiro atoms. The topological polar surface area (TPSA) is 83.0 Å². The van der Waals surface area contributed by atoms with Gasteiger partial charge in [0.05, 0.1) is 17.7 Å². The van der Waals surface area contributed by atoms with Gasteiger partial charge in [0.25, 0.3) is 11.7 Å². The van der Waals surface area contributed by atoms with Gasteiger partial charge in [-0.3, -0.25) is 14.6 Å². The van der Waals surface area contributed by atoms with Gasteiger partial charge in [0.1, 0.15) is 11.5 Å². The number of aryl methyl sites for hydroxylation is 1. The minimum Gasteiger partial charge on any atom is -0.507 e. The number of pyridine rings is 1. The Hall–Kier alpha value is -4.13. The maximum atomic E-state index is 13.3. The summed E-state index contributed by atoms with van der Waals surface area (Å²) in [5.74, 6) is -0.850. The summed E-state index contributed by atoms with van der Waals surface area (Å²) in [7, 11) is 3.89. The van der Waals surface area contributed by atoms with Gasteiger partial charge in [-0.05, 0) is 79.9 Å². The Labute approximate surface area is 211 Å². The lowest BCUT2D eigenvalue weighted by atomic mass is 9.94. The highest BCUT2D eigenvalue weighted by Crippen LogP contribution is 2.41. The Morgan fingerprint density at radius 2 is 1.72 bits per heavy atom. The number of Topliss-reactive ketones (excluding diaryl/α,β-unsaturated/α-hetero) is 1. The van der Waals surface area contributed by atoms with E-state index in [1.165, 1.54) is 4.90 Å². The number of anilines is 1. The number of nitrogens with zero attached hydrogens (tertiary/aromatic N) is 3. The van der Waals surface area contributed by atoms with E-state index in [9.17, 15) is 14.7 Å². The average Bonchev–Trinajstić information content (AvgIpc) is 3.10. The van der Waals surface area contributed by atoms with Crippen LogP contribution < -0.4 is 9.64 Å². The summed E-state index contributed by atoms with van der Waals surface area (Å²) in [6.07, 6.45) is 3.30. The van der Waals surface area contributed by atoms with Gasteiger partial charge >= 0.3 is 0 Å². The molecule has 0 bridgehead atoms. The molecule has 7 heteroatoms. The molecule has 1 aliphatic heterocycles. The number of amides is 1. The summed E-state index contributed by atoms with van der Waals surface area (Å²) in [5, 5.41) is 11.4. The van der Waals surface area contributed by atoms with Crippen molar-refractivity contribution in [2.75, 3.05) is 19.0 Å². The van der Waals surface area contributed by atoms with Crippen molar-refractivity contribution in [3.63, 3.8) is 0 Å². The van der Waals surface area contributed by atoms with E-state index < -0.39 is 17.7 Å². The van der Waals surface area contributed by atoms with E-state index in [1.807, 2.05) is 76.2 Å². The van der Waals surface area contributed by atoms with E-state index in [-0.39, 0.29) is 24.0 Å². The zero-order chi connectivity index (χ0) is 26.0. The van der Waals surface area contributed by atoms with Crippen molar-refractivity contribution in [2.24, 2.45) is 0 Å². The molecular formula is C29H31N3O4. The Bertz CT molecular complexity index is 1300. The molecule has 0 radical (unpaired) electrons. The van der Waals surface area contributed by atoms with Crippen molar-refractivity contribution in [1.82, 2.24) is 9.88 Å². The molecule has 4 rings (SSSR count). The second kappa shape index (κ2) is 10.2. The average molecular weight is 486 g/mol. The highest BCUT2D eigenvalue weighted by molar-refractivity contribution is 6.46. The predicted octanol–water partition coefficient (Wildman–Crippen LogP) is 4.87. The van der Waals surface area contributed by atoms with Crippen LogP contribution in [0.15, 0.2) is 72.6 Å². The van der Waals surface area contributed by atoms with Gasteiger partial charge in [0.15, 0.2) is 0 Å². The number of rotatable bonds is 7. The van der Waals surface area contributed by atoms with Crippen LogP contribution in [-0.4, -0.2) is 46.9 Å². The number of carbonyl (C=O) groups excluding carboxylic acids is 2. The van der Waals surface area contributed by atoms with E-state index in [2.05, 4.69) is 4.98 Å². The highest BCUT2D eigenvalue weighted by atomic mass is 16.5. The Kier molecular flexibility index (Phi) is 7.10. The van der Waals surface area contributed by atoms with Crippen molar-refractivity contribution >= 4 is 23.1 Å². The number of carbonyl (C=O) groups is 2. The fourth-order valence-electron chi connectivity index (χ4n) is 4.37. The molecule has 3 aromatic rings. The summed E-state index contributed by atoms with van der Waals surface area (Å²) in [6, 6.07) is 15.8. The number of aliphatic hydroxyl groups excluding tert-OH is 1. The molecule has 1 aliphatic rings. The quantitative estimate of drug-likeness (QED) is 0.292. The third-order valence-electron chi connectivity index (χ3n) is 6.18. The second-order valence-corrected chi connectivity index (χ2v) is 9.42. The zero-order valence-corrected chi connectivity index (χ0v) is 21.2. The van der Waals surface area contributed by atoms with E-state index in [0.29, 0.717) is 11.3 Å². The van der Waals surface area contributed by atoms with Gasteiger partial charge in [-0.15, -0.1) is 0 Å². The zero-order valence-electron chi connectivity index (χ0n) is 21.2. The maximum absolute atomic E-state index is 13.3. The number of ether oxygens (including phenoxy) is 1. The van der Waals surface area contributed by atoms with Crippen molar-refractivity contribution in [3.05, 3.63) is 94.8 Å². The van der Waals surface area contributed by atoms with Gasteiger partial charge in [-0.2, -0.15) is 0 Å². The standard InChI is InChI=1S/C29H31N3O4/c1-18(2)36-24-11-8-22(16-19(24)3)27(33)25-26(21-6-9-23(10-7-21)31(4)5)32(29(35)28(25)34)17-20-12-14-30-15-13-20/h6-16,18,26,33H,17H2,1-5H3/b27-25-. The summed E-state index contributed by atoms with van der Waals surface area (Å²) >= 11 is 0. The maximum Gasteiger partial charge on any atom is 0.295 e. The first kappa shape index (κ1) is 25.0. The van der Waals surface area contributed by atoms with Crippen LogP contribution in [-0.2, 0) is 16.1 Å². The first-order chi connectivity index (χ1) is 17.2. The molecule has 1 N–H and O–H groups in total. The number of aromatic nitrogens is 1. The van der Waals surface area contributed by atoms with Crippen LogP contribution in [0.3, 0.4) is 0 Å². The van der Waals surface area contributed by atoms with Gasteiger partial charge < -0.3 is 19.6 Å². The molecule has 1 unspecified atom stereocenters. The summed E-state index contributed by atoms with van der Waals surface area (Å²) in [6.45, 7) is 5.98. The monoisotopic (exact) mass is 485 g/mol. The number of hydrogen-bond acceptors (Lipinski definition) is 6. The fraction of sp³-hybridized carbons (Fsp3) is 0.276. The summed E-state index contributed by atoms with van der Waals surface area (Å²) in [5.41, 5.74) is 3.93. The predicted molar refractivity (Wildman–Crippen MR) is 140 cm³/mol. The van der Waals surface area contributed by atoms with Crippen molar-refractivity contribution in [1.29, 1.82) is 0 Å². The molecule has 0 aliphatic carbocycles. The minimum atomic E-state index is -0.735. The molecular weight excluding hydrogens is 454 g/mol. The van der Waals surface area contributed by atoms with Crippen LogP contribution in [0.25, 0.3) is 5.76 Å². The lowest BCUT2D eigenvalue weighted by Gasteiger charge is -2.26. The molecule has 36 heavy (non-hydrogen) atoms. The second-order valence-electron chi connectivity index (χ2n) is 9.42. The van der Waals surface area contributed by atoms with E-state index in [4.69, 9.17) is 4.74 Å². The molecule has 1 fully saturated rings. The largest absolute Gasteiger partial charge is 0.507 e. The lowest BCUT2D eigenvalue weighted by Crippen LogP contribution is -2.29. The van der Waals surface area contributed by atoms with Crippen LogP contribution in [0.5, 0.6) is 5.75 Å². The molecule has 1 aromatic heterocycles. The third kappa shape index (κ3) is 4.96. The number of benzene rings is 2. The smallest absolute Gasteiger partial charge is 0.295 e. The van der Waals surface area contributed by atoms with E-state index in [1.54, 1.807) is 30.6 Å². The van der Waals surface area contributed by atoms with Crippen LogP contribution in [0.4, 0.5) is 5.69 Å². The first-order valence-corrected chi connectivity index (χ1v) is 11.9. The first-order valence-electron chi connectivity index (χ1n) is 11.9. The number of aliphatic hydroxyl groups is 1. The van der Waals surface area contributed by atoms with Crippen molar-refractivity contribution in [2.45, 2.75) is 39.5 Å². The SMILES string of the molecule is Cc1cc(/C(O)=C2/C(=O)C(=O)N(Cc3ccncc3)C2c2ccc(N(C)C)cc2)ccc1OC(C)C. The Morgan fingerprint density at radius 3 is 2.31 bits per heavy atom. The van der Waals surface area contributed by atoms with Gasteiger partial charge in [0.2, 0.25) is 0 Å². The normalized spacial score (nSPS) is 17.1. The Balaban J connectivity index is 1.83. The molecule has 2 aromatic carbocycles. The van der Waals surface area contributed by atoms with Crippen LogP contribution in [0.1, 0.15) is 42.1 Å². The van der Waals surface area contributed by atoms with E-state index in [0.717, 1.165) is 22.4 Å².